The predicted octanol–water partition coefficient (Wildman–Crippen LogP) is 29.2. The Bertz CT molecular complexity index is 4030. The zero-order chi connectivity index (χ0) is 82.7. The molecule has 0 heterocycles. The van der Waals surface area contributed by atoms with Crippen molar-refractivity contribution in [3.05, 3.63) is 382 Å². The zero-order valence-corrected chi connectivity index (χ0v) is 77.3. The molecule has 0 spiro atoms. The summed E-state index contributed by atoms with van der Waals surface area (Å²) in [5, 5.41) is 18.7. The van der Waals surface area contributed by atoms with Gasteiger partial charge >= 0.3 is 87.0 Å². The number of hydrogen-bond donors (Lipinski definition) is 0. The normalized spacial score (nSPS) is 12.1. The molecule has 24 heteroatoms. The van der Waals surface area contributed by atoms with Crippen molar-refractivity contribution in [1.29, 1.82) is 0 Å². The van der Waals surface area contributed by atoms with Gasteiger partial charge in [0.05, 0.1) is 18.5 Å². The van der Waals surface area contributed by atoms with Gasteiger partial charge in [-0.15, -0.1) is 23.2 Å². The largest absolute Gasteiger partial charge is 2.00 e. The molecular weight excluding hydrogens is 2040 g/mol. The van der Waals surface area contributed by atoms with Gasteiger partial charge in [0.2, 0.25) is 0 Å². The molecule has 0 saturated heterocycles. The van der Waals surface area contributed by atoms with Crippen LogP contribution in [0.1, 0.15) is 78.1 Å². The Hall–Kier alpha value is -5.50. The van der Waals surface area contributed by atoms with Crippen LogP contribution >= 0.6 is 85.7 Å². The van der Waals surface area contributed by atoms with Crippen LogP contribution < -0.4 is 63.7 Å². The molecule has 12 aromatic rings. The summed E-state index contributed by atoms with van der Waals surface area (Å²) >= 11 is 9.53. The fourth-order valence-corrected chi connectivity index (χ4v) is 34.0. The van der Waals surface area contributed by atoms with E-state index in [-0.39, 0.29) is 47.5 Å². The van der Waals surface area contributed by atoms with Gasteiger partial charge in [-0.3, -0.25) is 0 Å². The van der Waals surface area contributed by atoms with E-state index in [1.54, 1.807) is 0 Å². The third-order valence-electron chi connectivity index (χ3n) is 16.9. The number of unbranched alkanes of at least 4 members (excludes halogenated alkanes) is 7. The van der Waals surface area contributed by atoms with Crippen LogP contribution in [-0.2, 0) is 42.1 Å². The van der Waals surface area contributed by atoms with E-state index in [2.05, 4.69) is 384 Å². The fourth-order valence-electron chi connectivity index (χ4n) is 11.8. The Morgan fingerprint density at radius 1 is 0.310 bits per heavy atom. The van der Waals surface area contributed by atoms with Gasteiger partial charge in [-0.25, -0.2) is 0 Å². The molecule has 0 atom stereocenters. The van der Waals surface area contributed by atoms with Crippen molar-refractivity contribution in [2.75, 3.05) is 23.0 Å². The van der Waals surface area contributed by atoms with E-state index in [1.165, 1.54) is 119 Å². The van der Waals surface area contributed by atoms with Gasteiger partial charge in [-0.1, -0.05) is 397 Å². The molecule has 622 valence electrons. The van der Waals surface area contributed by atoms with Crippen molar-refractivity contribution in [3.63, 3.8) is 0 Å². The Morgan fingerprint density at radius 2 is 0.483 bits per heavy atom. The fraction of sp³-hybridized carbons (Fsp3) is 0.174. The maximum Gasteiger partial charge on any atom is 2.00 e. The summed E-state index contributed by atoms with van der Waals surface area (Å²) in [6.45, 7) is 11.7. The summed E-state index contributed by atoms with van der Waals surface area (Å²) in [5.41, 5.74) is 0. The quantitative estimate of drug-likeness (QED) is 0.0114. The van der Waals surface area contributed by atoms with E-state index < -0.39 is 62.5 Å². The number of benzene rings is 12. The van der Waals surface area contributed by atoms with Gasteiger partial charge in [0.15, 0.2) is 0 Å². The van der Waals surface area contributed by atoms with Gasteiger partial charge in [-0.2, -0.15) is 0 Å². The van der Waals surface area contributed by atoms with Crippen LogP contribution in [0, 0.1) is 18.9 Å². The van der Waals surface area contributed by atoms with Gasteiger partial charge in [0.25, 0.3) is 0 Å². The predicted molar refractivity (Wildman–Crippen MR) is 485 cm³/mol. The SMILES string of the molecule is ClCCl.F[P-](F)(F)(F)(F)F.F[P-](F)(F)(F)(F)F.[C-]#CCCCCCC.[CH-]=C(CCCCCC)[P+](CP(c1ccccc1)c1ccccc1)(c1ccccc1)c1ccccc1.[Pt+2].[Pt].c1ccc(P(CP(c2ccccc2)c2ccccc2)c2ccccc2)cc1.c1ccc(P(CP(c2ccccc2)c2ccccc2)c2ccccc2)cc1. The van der Waals surface area contributed by atoms with Crippen LogP contribution in [0.25, 0.3) is 0 Å². The van der Waals surface area contributed by atoms with Gasteiger partial charge in [-0.05, 0) is 143 Å². The van der Waals surface area contributed by atoms with E-state index in [9.17, 15) is 50.4 Å². The van der Waals surface area contributed by atoms with Crippen molar-refractivity contribution >= 4 is 149 Å². The van der Waals surface area contributed by atoms with Crippen LogP contribution in [0.3, 0.4) is 0 Å². The summed E-state index contributed by atoms with van der Waals surface area (Å²) < 4.78 is 118. The third-order valence-corrected chi connectivity index (χ3v) is 37.1. The minimum atomic E-state index is -10.7. The molecule has 0 radical (unpaired) electrons. The van der Waals surface area contributed by atoms with E-state index in [0.29, 0.717) is 0 Å². The second-order valence-corrected chi connectivity index (χ2v) is 46.4. The summed E-state index contributed by atoms with van der Waals surface area (Å²) in [5.74, 6) is 5.78. The molecule has 0 saturated carbocycles. The third kappa shape index (κ3) is 42.1. The summed E-state index contributed by atoms with van der Waals surface area (Å²) in [6, 6.07) is 133. The van der Waals surface area contributed by atoms with Crippen molar-refractivity contribution in [2.45, 2.75) is 78.1 Å². The molecule has 0 aliphatic heterocycles. The first kappa shape index (κ1) is 103. The summed E-state index contributed by atoms with van der Waals surface area (Å²) in [7, 11) is -25.5. The Labute approximate surface area is 725 Å². The Balaban J connectivity index is 0.000000318. The van der Waals surface area contributed by atoms with Crippen molar-refractivity contribution in [2.24, 2.45) is 0 Å². The number of rotatable bonds is 28. The second kappa shape index (κ2) is 50.7. The number of allylic oxidation sites excluding steroid dienone is 1. The monoisotopic (exact) mass is 2140 g/mol. The first-order valence-corrected chi connectivity index (χ1v) is 51.7. The van der Waals surface area contributed by atoms with Crippen molar-refractivity contribution in [1.82, 2.24) is 0 Å². The molecule has 116 heavy (non-hydrogen) atoms. The molecule has 0 fully saturated rings. The maximum absolute atomic E-state index is 10.7. The van der Waals surface area contributed by atoms with Crippen LogP contribution in [-0.4, -0.2) is 23.0 Å². The number of hydrogen-bond acceptors (Lipinski definition) is 0. The minimum absolute atomic E-state index is 0. The Morgan fingerprint density at radius 3 is 0.664 bits per heavy atom. The van der Waals surface area contributed by atoms with Crippen molar-refractivity contribution < 1.29 is 92.5 Å². The second-order valence-electron chi connectivity index (χ2n) is 25.7. The van der Waals surface area contributed by atoms with Crippen LogP contribution in [0.4, 0.5) is 50.4 Å². The van der Waals surface area contributed by atoms with E-state index >= 15 is 0 Å². The van der Waals surface area contributed by atoms with Crippen molar-refractivity contribution in [3.8, 4) is 5.92 Å². The zero-order valence-electron chi connectivity index (χ0n) is 64.1. The minimum Gasteiger partial charge on any atom is -0.694 e. The molecule has 12 aromatic carbocycles. The summed E-state index contributed by atoms with van der Waals surface area (Å²) in [4.78, 5) is 0. The van der Waals surface area contributed by atoms with E-state index in [1.807, 2.05) is 0 Å². The molecule has 0 bridgehead atoms. The molecular formula is C92H95Cl2F12P8Pt2-. The van der Waals surface area contributed by atoms with Gasteiger partial charge < -0.3 is 18.9 Å². The van der Waals surface area contributed by atoms with Gasteiger partial charge in [0.1, 0.15) is 10.6 Å². The van der Waals surface area contributed by atoms with E-state index in [0.717, 1.165) is 31.6 Å². The average molecular weight is 2140 g/mol. The average Bonchev–Trinajstić information content (AvgIpc) is 0.764. The molecule has 0 aromatic heterocycles. The number of alkyl halides is 2. The van der Waals surface area contributed by atoms with Crippen LogP contribution in [0.2, 0.25) is 0 Å². The molecule has 0 aliphatic rings. The first-order valence-electron chi connectivity index (χ1n) is 37.0. The maximum atomic E-state index is 9.87. The van der Waals surface area contributed by atoms with Crippen LogP contribution in [0.5, 0.6) is 0 Å². The molecule has 0 N–H and O–H groups in total. The van der Waals surface area contributed by atoms with E-state index in [4.69, 9.17) is 36.2 Å². The molecule has 0 unspecified atom stereocenters. The first-order chi connectivity index (χ1) is 54.3. The standard InChI is InChI=1S/C33H36P2.2C25H22P2.C8H13.CH2Cl2.2F6P.2Pt/c1-3-4-5-10-19-29(2)35(32-24-15-8-16-25-32,33-26-17-9-18-27-33)28-34(30-20-11-6-12-21-30)31-22-13-7-14-23-31;2*1-5-13-22(14-6-1)26(23-15-7-2-8-16-23)21-27(24-17-9-3-10-18-24)25-19-11-4-12-20-25;1-3-5-7-8-6-4-2;2-1-3;2*1-7(2,3,4,5)6;;/h2,6-9,11-18,20-27H,3-5,10,19,28H2,1H3;2*1-20H,21H2;3,5-8H2,1H3;1H2;;;;/q;;;-1;;2*-1;;+2. The molecule has 12 rings (SSSR count). The smallest absolute Gasteiger partial charge is 0.694 e. The Kier molecular flexibility index (Phi) is 44.9. The molecule has 0 amide bonds. The van der Waals surface area contributed by atoms with Crippen LogP contribution in [0.15, 0.2) is 369 Å². The van der Waals surface area contributed by atoms with Gasteiger partial charge in [0, 0.05) is 32.9 Å². The molecule has 0 nitrogen and oxygen atoms in total. The topological polar surface area (TPSA) is 0 Å². The number of halogens is 14. The molecule has 0 aliphatic carbocycles. The summed E-state index contributed by atoms with van der Waals surface area (Å²) in [6.07, 6.45) is 18.3.